The van der Waals surface area contributed by atoms with Gasteiger partial charge in [0.05, 0.1) is 6.61 Å². The van der Waals surface area contributed by atoms with Crippen molar-refractivity contribution in [3.8, 4) is 0 Å². The van der Waals surface area contributed by atoms with Crippen LogP contribution in [0, 0.1) is 0 Å². The number of rotatable bonds is 45. The van der Waals surface area contributed by atoms with Crippen LogP contribution in [0.25, 0.3) is 0 Å². The van der Waals surface area contributed by atoms with Gasteiger partial charge in [0.15, 0.2) is 6.10 Å². The standard InChI is InChI=1S/C53H94O5/c1-4-7-10-13-16-18-20-22-24-26-27-28-29-31-33-35-38-40-43-46-52(54)57-50-51(58-53(55)47-44-41-37-15-12-9-6-3)49-56-48-45-42-39-36-34-32-30-25-23-21-19-17-14-11-8-5-2/h7,10,16,18,22-25,27-28,51H,4-6,8-9,11-15,17,19-21,26,29-50H2,1-3H3/b10-7-,18-16-,24-22-,25-23-,28-27-. The summed E-state index contributed by atoms with van der Waals surface area (Å²) in [7, 11) is 0. The highest BCUT2D eigenvalue weighted by atomic mass is 16.6. The van der Waals surface area contributed by atoms with Gasteiger partial charge in [0, 0.05) is 19.4 Å². The molecule has 0 aromatic heterocycles. The van der Waals surface area contributed by atoms with E-state index < -0.39 is 6.10 Å². The first-order chi connectivity index (χ1) is 28.6. The van der Waals surface area contributed by atoms with E-state index in [9.17, 15) is 9.59 Å². The highest BCUT2D eigenvalue weighted by Crippen LogP contribution is 2.13. The molecule has 0 amide bonds. The summed E-state index contributed by atoms with van der Waals surface area (Å²) in [6.45, 7) is 7.66. The predicted octanol–water partition coefficient (Wildman–Crippen LogP) is 16.6. The number of hydrogen-bond donors (Lipinski definition) is 0. The Labute approximate surface area is 360 Å². The SMILES string of the molecule is CC/C=C\C/C=C\C/C=C\C/C=C\CCCCCCCCC(=O)OCC(COCCCCCCCC/C=C\CCCCCCCC)OC(=O)CCCCCCCCC. The number of esters is 2. The van der Waals surface area contributed by atoms with Crippen LogP contribution in [-0.4, -0.2) is 37.9 Å². The van der Waals surface area contributed by atoms with E-state index in [2.05, 4.69) is 81.5 Å². The second kappa shape index (κ2) is 49.0. The van der Waals surface area contributed by atoms with Crippen LogP contribution in [0.5, 0.6) is 0 Å². The Morgan fingerprint density at radius 1 is 0.397 bits per heavy atom. The molecule has 5 nitrogen and oxygen atoms in total. The topological polar surface area (TPSA) is 61.8 Å². The molecule has 0 spiro atoms. The molecule has 58 heavy (non-hydrogen) atoms. The molecular formula is C53H94O5. The van der Waals surface area contributed by atoms with E-state index in [4.69, 9.17) is 14.2 Å². The third kappa shape index (κ3) is 46.3. The third-order valence-corrected chi connectivity index (χ3v) is 10.5. The van der Waals surface area contributed by atoms with Gasteiger partial charge in [0.2, 0.25) is 0 Å². The van der Waals surface area contributed by atoms with Crippen molar-refractivity contribution in [1.82, 2.24) is 0 Å². The summed E-state index contributed by atoms with van der Waals surface area (Å²) in [5, 5.41) is 0. The zero-order valence-electron chi connectivity index (χ0n) is 38.6. The highest BCUT2D eigenvalue weighted by molar-refractivity contribution is 5.70. The average Bonchev–Trinajstić information content (AvgIpc) is 3.22. The molecule has 1 unspecified atom stereocenters. The minimum absolute atomic E-state index is 0.0757. The molecule has 0 aliphatic rings. The van der Waals surface area contributed by atoms with Crippen molar-refractivity contribution < 1.29 is 23.8 Å². The molecule has 0 saturated carbocycles. The quantitative estimate of drug-likeness (QED) is 0.0348. The van der Waals surface area contributed by atoms with Crippen LogP contribution < -0.4 is 0 Å². The zero-order valence-corrected chi connectivity index (χ0v) is 38.6. The van der Waals surface area contributed by atoms with Gasteiger partial charge in [-0.05, 0) is 83.5 Å². The predicted molar refractivity (Wildman–Crippen MR) is 251 cm³/mol. The Balaban J connectivity index is 4.15. The molecule has 0 bridgehead atoms. The molecule has 0 radical (unpaired) electrons. The maximum Gasteiger partial charge on any atom is 0.306 e. The Kier molecular flexibility index (Phi) is 46.9. The molecule has 0 N–H and O–H groups in total. The monoisotopic (exact) mass is 811 g/mol. The molecule has 0 fully saturated rings. The molecule has 0 saturated heterocycles. The van der Waals surface area contributed by atoms with E-state index in [0.717, 1.165) is 77.0 Å². The van der Waals surface area contributed by atoms with Crippen molar-refractivity contribution in [3.05, 3.63) is 60.8 Å². The largest absolute Gasteiger partial charge is 0.462 e. The van der Waals surface area contributed by atoms with Gasteiger partial charge in [-0.1, -0.05) is 204 Å². The summed E-state index contributed by atoms with van der Waals surface area (Å²) in [5.41, 5.74) is 0. The average molecular weight is 811 g/mol. The second-order valence-corrected chi connectivity index (χ2v) is 16.3. The van der Waals surface area contributed by atoms with Crippen molar-refractivity contribution in [2.75, 3.05) is 19.8 Å². The molecule has 5 heteroatoms. The van der Waals surface area contributed by atoms with Crippen molar-refractivity contribution in [2.24, 2.45) is 0 Å². The lowest BCUT2D eigenvalue weighted by atomic mass is 10.1. The molecule has 0 heterocycles. The first kappa shape index (κ1) is 55.6. The van der Waals surface area contributed by atoms with E-state index >= 15 is 0 Å². The van der Waals surface area contributed by atoms with Crippen LogP contribution in [0.1, 0.15) is 239 Å². The number of carbonyl (C=O) groups is 2. The number of unbranched alkanes of at least 4 members (excludes halogenated alkanes) is 24. The molecule has 0 rings (SSSR count). The summed E-state index contributed by atoms with van der Waals surface area (Å²) in [6, 6.07) is 0. The molecule has 336 valence electrons. The van der Waals surface area contributed by atoms with Gasteiger partial charge in [-0.2, -0.15) is 0 Å². The lowest BCUT2D eigenvalue weighted by Crippen LogP contribution is -2.30. The van der Waals surface area contributed by atoms with Gasteiger partial charge in [-0.3, -0.25) is 9.59 Å². The fourth-order valence-corrected chi connectivity index (χ4v) is 6.85. The van der Waals surface area contributed by atoms with Crippen molar-refractivity contribution in [2.45, 2.75) is 245 Å². The van der Waals surface area contributed by atoms with Crippen LogP contribution in [0.2, 0.25) is 0 Å². The van der Waals surface area contributed by atoms with Crippen molar-refractivity contribution >= 4 is 11.9 Å². The Bertz CT molecular complexity index is 1010. The smallest absolute Gasteiger partial charge is 0.306 e. The van der Waals surface area contributed by atoms with Gasteiger partial charge in [-0.15, -0.1) is 0 Å². The minimum Gasteiger partial charge on any atom is -0.462 e. The summed E-state index contributed by atoms with van der Waals surface area (Å²) < 4.78 is 17.3. The van der Waals surface area contributed by atoms with Crippen LogP contribution in [-0.2, 0) is 23.8 Å². The molecule has 0 aromatic carbocycles. The normalized spacial score (nSPS) is 12.7. The molecule has 1 atom stereocenters. The van der Waals surface area contributed by atoms with E-state index in [1.807, 2.05) is 0 Å². The van der Waals surface area contributed by atoms with Crippen molar-refractivity contribution in [1.29, 1.82) is 0 Å². The zero-order chi connectivity index (χ0) is 42.1. The Morgan fingerprint density at radius 3 is 1.26 bits per heavy atom. The van der Waals surface area contributed by atoms with Gasteiger partial charge in [0.25, 0.3) is 0 Å². The maximum absolute atomic E-state index is 12.7. The Morgan fingerprint density at radius 2 is 0.776 bits per heavy atom. The van der Waals surface area contributed by atoms with E-state index in [1.54, 1.807) is 0 Å². The minimum atomic E-state index is -0.541. The fourth-order valence-electron chi connectivity index (χ4n) is 6.85. The van der Waals surface area contributed by atoms with Crippen LogP contribution in [0.15, 0.2) is 60.8 Å². The lowest BCUT2D eigenvalue weighted by Gasteiger charge is -2.18. The van der Waals surface area contributed by atoms with E-state index in [-0.39, 0.29) is 25.2 Å². The van der Waals surface area contributed by atoms with Crippen LogP contribution in [0.3, 0.4) is 0 Å². The number of allylic oxidation sites excluding steroid dienone is 10. The molecule has 0 aliphatic carbocycles. The number of hydrogen-bond acceptors (Lipinski definition) is 5. The fraction of sp³-hybridized carbons (Fsp3) is 0.774. The van der Waals surface area contributed by atoms with E-state index in [1.165, 1.54) is 128 Å². The summed E-state index contributed by atoms with van der Waals surface area (Å²) in [4.78, 5) is 25.2. The molecular weight excluding hydrogens is 717 g/mol. The van der Waals surface area contributed by atoms with Gasteiger partial charge >= 0.3 is 11.9 Å². The summed E-state index contributed by atoms with van der Waals surface area (Å²) >= 11 is 0. The Hall–Kier alpha value is -2.40. The molecule has 0 aromatic rings. The van der Waals surface area contributed by atoms with E-state index in [0.29, 0.717) is 19.4 Å². The second-order valence-electron chi connectivity index (χ2n) is 16.3. The lowest BCUT2D eigenvalue weighted by molar-refractivity contribution is -0.163. The maximum atomic E-state index is 12.7. The van der Waals surface area contributed by atoms with Crippen molar-refractivity contribution in [3.63, 3.8) is 0 Å². The summed E-state index contributed by atoms with van der Waals surface area (Å²) in [5.74, 6) is -0.418. The van der Waals surface area contributed by atoms with Crippen LogP contribution in [0.4, 0.5) is 0 Å². The first-order valence-corrected chi connectivity index (χ1v) is 24.8. The highest BCUT2D eigenvalue weighted by Gasteiger charge is 2.17. The van der Waals surface area contributed by atoms with Gasteiger partial charge in [-0.25, -0.2) is 0 Å². The number of carbonyl (C=O) groups excluding carboxylic acids is 2. The third-order valence-electron chi connectivity index (χ3n) is 10.5. The van der Waals surface area contributed by atoms with Gasteiger partial charge < -0.3 is 14.2 Å². The van der Waals surface area contributed by atoms with Gasteiger partial charge in [0.1, 0.15) is 6.61 Å². The first-order valence-electron chi connectivity index (χ1n) is 24.8. The number of ether oxygens (including phenoxy) is 3. The summed E-state index contributed by atoms with van der Waals surface area (Å²) in [6.07, 6.45) is 60.9. The molecule has 0 aliphatic heterocycles. The van der Waals surface area contributed by atoms with Crippen LogP contribution >= 0.6 is 0 Å².